The van der Waals surface area contributed by atoms with Crippen molar-refractivity contribution in [3.63, 3.8) is 0 Å². The average molecular weight is 226 g/mol. The molecular formula is C13H22O3. The minimum absolute atomic E-state index is 0.440. The Labute approximate surface area is 97.2 Å². The van der Waals surface area contributed by atoms with Gasteiger partial charge < -0.3 is 9.84 Å². The summed E-state index contributed by atoms with van der Waals surface area (Å²) in [6, 6.07) is 0. The number of carbonyl (C=O) groups is 1. The lowest BCUT2D eigenvalue weighted by atomic mass is 9.66. The third-order valence-corrected chi connectivity index (χ3v) is 4.39. The van der Waals surface area contributed by atoms with E-state index in [0.717, 1.165) is 51.7 Å². The normalized spacial score (nSPS) is 39.8. The van der Waals surface area contributed by atoms with Gasteiger partial charge in [-0.1, -0.05) is 6.92 Å². The predicted octanol–water partition coefficient (Wildman–Crippen LogP) is 2.69. The molecule has 1 saturated heterocycles. The van der Waals surface area contributed by atoms with Crippen LogP contribution in [0.2, 0.25) is 0 Å². The summed E-state index contributed by atoms with van der Waals surface area (Å²) in [5.74, 6) is 0.600. The van der Waals surface area contributed by atoms with Gasteiger partial charge in [-0.15, -0.1) is 0 Å². The Morgan fingerprint density at radius 3 is 2.56 bits per heavy atom. The molecule has 0 radical (unpaired) electrons. The van der Waals surface area contributed by atoms with Gasteiger partial charge in [0.05, 0.1) is 5.41 Å². The molecular weight excluding hydrogens is 204 g/mol. The van der Waals surface area contributed by atoms with E-state index in [0.29, 0.717) is 11.8 Å². The zero-order chi connectivity index (χ0) is 11.6. The number of rotatable bonds is 3. The fourth-order valence-electron chi connectivity index (χ4n) is 3.12. The van der Waals surface area contributed by atoms with Gasteiger partial charge in [-0.05, 0) is 50.4 Å². The number of hydrogen-bond donors (Lipinski definition) is 1. The van der Waals surface area contributed by atoms with Crippen LogP contribution in [0, 0.1) is 17.3 Å². The molecule has 1 saturated carbocycles. The molecule has 2 rings (SSSR count). The van der Waals surface area contributed by atoms with Crippen molar-refractivity contribution in [2.75, 3.05) is 13.2 Å². The molecule has 0 spiro atoms. The van der Waals surface area contributed by atoms with Crippen LogP contribution in [-0.2, 0) is 9.53 Å². The van der Waals surface area contributed by atoms with Crippen molar-refractivity contribution in [2.24, 2.45) is 17.3 Å². The Morgan fingerprint density at radius 2 is 2.06 bits per heavy atom. The molecule has 3 nitrogen and oxygen atoms in total. The number of aliphatic carboxylic acids is 1. The van der Waals surface area contributed by atoms with E-state index < -0.39 is 11.4 Å². The molecule has 0 aromatic heterocycles. The molecule has 0 aromatic rings. The van der Waals surface area contributed by atoms with Crippen LogP contribution in [0.4, 0.5) is 0 Å². The minimum Gasteiger partial charge on any atom is -0.481 e. The van der Waals surface area contributed by atoms with Gasteiger partial charge in [0.15, 0.2) is 0 Å². The fourth-order valence-corrected chi connectivity index (χ4v) is 3.12. The van der Waals surface area contributed by atoms with E-state index in [1.807, 2.05) is 0 Å². The number of carboxylic acid groups (broad SMARTS) is 1. The van der Waals surface area contributed by atoms with E-state index in [9.17, 15) is 9.90 Å². The standard InChI is InChI=1S/C13H22O3/c1-10-2-5-13(6-3-10,12(14)15)8-11-4-7-16-9-11/h10-11H,2-9H2,1H3,(H,14,15). The second kappa shape index (κ2) is 4.74. The van der Waals surface area contributed by atoms with Gasteiger partial charge in [0, 0.05) is 13.2 Å². The van der Waals surface area contributed by atoms with Crippen LogP contribution < -0.4 is 0 Å². The summed E-state index contributed by atoms with van der Waals surface area (Å²) >= 11 is 0. The molecule has 3 heteroatoms. The van der Waals surface area contributed by atoms with Crippen LogP contribution in [-0.4, -0.2) is 24.3 Å². The fraction of sp³-hybridized carbons (Fsp3) is 0.923. The summed E-state index contributed by atoms with van der Waals surface area (Å²) in [5.41, 5.74) is -0.440. The molecule has 1 aliphatic heterocycles. The number of hydrogen-bond acceptors (Lipinski definition) is 2. The molecule has 16 heavy (non-hydrogen) atoms. The van der Waals surface area contributed by atoms with Crippen molar-refractivity contribution in [3.05, 3.63) is 0 Å². The van der Waals surface area contributed by atoms with E-state index >= 15 is 0 Å². The molecule has 1 unspecified atom stereocenters. The Hall–Kier alpha value is -0.570. The van der Waals surface area contributed by atoms with Crippen LogP contribution in [0.5, 0.6) is 0 Å². The Bertz CT molecular complexity index is 248. The van der Waals surface area contributed by atoms with E-state index in [-0.39, 0.29) is 0 Å². The minimum atomic E-state index is -0.577. The molecule has 0 amide bonds. The summed E-state index contributed by atoms with van der Waals surface area (Å²) in [4.78, 5) is 11.5. The first-order valence-corrected chi connectivity index (χ1v) is 6.43. The lowest BCUT2D eigenvalue weighted by Crippen LogP contribution is -2.37. The molecule has 2 fully saturated rings. The monoisotopic (exact) mass is 226 g/mol. The summed E-state index contributed by atoms with van der Waals surface area (Å²) in [7, 11) is 0. The highest BCUT2D eigenvalue weighted by Crippen LogP contribution is 2.44. The van der Waals surface area contributed by atoms with Gasteiger partial charge in [0.25, 0.3) is 0 Å². The van der Waals surface area contributed by atoms with Gasteiger partial charge in [0.1, 0.15) is 0 Å². The molecule has 1 heterocycles. The van der Waals surface area contributed by atoms with Gasteiger partial charge in [-0.2, -0.15) is 0 Å². The lowest BCUT2D eigenvalue weighted by Gasteiger charge is -2.37. The molecule has 1 N–H and O–H groups in total. The first-order chi connectivity index (χ1) is 7.62. The van der Waals surface area contributed by atoms with Crippen LogP contribution in [0.3, 0.4) is 0 Å². The summed E-state index contributed by atoms with van der Waals surface area (Å²) < 4.78 is 5.35. The number of ether oxygens (including phenoxy) is 1. The second-order valence-electron chi connectivity index (χ2n) is 5.70. The average Bonchev–Trinajstić information content (AvgIpc) is 2.74. The van der Waals surface area contributed by atoms with Crippen LogP contribution >= 0.6 is 0 Å². The van der Waals surface area contributed by atoms with E-state index in [4.69, 9.17) is 4.74 Å². The quantitative estimate of drug-likeness (QED) is 0.804. The molecule has 2 aliphatic rings. The third kappa shape index (κ3) is 2.40. The molecule has 0 aromatic carbocycles. The van der Waals surface area contributed by atoms with Crippen LogP contribution in [0.15, 0.2) is 0 Å². The maximum absolute atomic E-state index is 11.5. The second-order valence-corrected chi connectivity index (χ2v) is 5.70. The van der Waals surface area contributed by atoms with Crippen molar-refractivity contribution < 1.29 is 14.6 Å². The SMILES string of the molecule is CC1CCC(CC2CCOC2)(C(=O)O)CC1. The summed E-state index contributed by atoms with van der Waals surface area (Å²) in [6.45, 7) is 3.81. The lowest BCUT2D eigenvalue weighted by molar-refractivity contribution is -0.153. The van der Waals surface area contributed by atoms with Crippen molar-refractivity contribution >= 4 is 5.97 Å². The van der Waals surface area contributed by atoms with Crippen molar-refractivity contribution in [3.8, 4) is 0 Å². The zero-order valence-corrected chi connectivity index (χ0v) is 10.1. The predicted molar refractivity (Wildman–Crippen MR) is 61.2 cm³/mol. The highest BCUT2D eigenvalue weighted by molar-refractivity contribution is 5.74. The zero-order valence-electron chi connectivity index (χ0n) is 10.1. The first kappa shape index (κ1) is 11.9. The van der Waals surface area contributed by atoms with E-state index in [2.05, 4.69) is 6.92 Å². The third-order valence-electron chi connectivity index (χ3n) is 4.39. The van der Waals surface area contributed by atoms with Gasteiger partial charge >= 0.3 is 5.97 Å². The van der Waals surface area contributed by atoms with Gasteiger partial charge in [0.2, 0.25) is 0 Å². The van der Waals surface area contributed by atoms with Crippen molar-refractivity contribution in [2.45, 2.75) is 45.4 Å². The Balaban J connectivity index is 2.00. The van der Waals surface area contributed by atoms with Crippen molar-refractivity contribution in [1.29, 1.82) is 0 Å². The van der Waals surface area contributed by atoms with E-state index in [1.165, 1.54) is 0 Å². The molecule has 92 valence electrons. The summed E-state index contributed by atoms with van der Waals surface area (Å²) in [5, 5.41) is 9.49. The topological polar surface area (TPSA) is 46.5 Å². The molecule has 1 atom stereocenters. The Morgan fingerprint density at radius 1 is 1.38 bits per heavy atom. The highest BCUT2D eigenvalue weighted by atomic mass is 16.5. The van der Waals surface area contributed by atoms with Crippen molar-refractivity contribution in [1.82, 2.24) is 0 Å². The van der Waals surface area contributed by atoms with Crippen LogP contribution in [0.25, 0.3) is 0 Å². The smallest absolute Gasteiger partial charge is 0.309 e. The first-order valence-electron chi connectivity index (χ1n) is 6.43. The van der Waals surface area contributed by atoms with Crippen LogP contribution in [0.1, 0.15) is 45.4 Å². The molecule has 1 aliphatic carbocycles. The van der Waals surface area contributed by atoms with Gasteiger partial charge in [-0.3, -0.25) is 4.79 Å². The highest BCUT2D eigenvalue weighted by Gasteiger charge is 2.43. The molecule has 0 bridgehead atoms. The van der Waals surface area contributed by atoms with Gasteiger partial charge in [-0.25, -0.2) is 0 Å². The Kier molecular flexibility index (Phi) is 3.53. The maximum Gasteiger partial charge on any atom is 0.309 e. The maximum atomic E-state index is 11.5. The largest absolute Gasteiger partial charge is 0.481 e. The number of carboxylic acids is 1. The summed E-state index contributed by atoms with van der Waals surface area (Å²) in [6.07, 6.45) is 5.74. The van der Waals surface area contributed by atoms with E-state index in [1.54, 1.807) is 0 Å².